The van der Waals surface area contributed by atoms with Gasteiger partial charge >= 0.3 is 0 Å². The van der Waals surface area contributed by atoms with Crippen molar-refractivity contribution in [3.8, 4) is 0 Å². The van der Waals surface area contributed by atoms with Crippen LogP contribution < -0.4 is 0 Å². The Kier molecular flexibility index (Phi) is 6.16. The van der Waals surface area contributed by atoms with Gasteiger partial charge in [0.05, 0.1) is 5.60 Å². The fraction of sp³-hybridized carbons (Fsp3) is 0.294. The summed E-state index contributed by atoms with van der Waals surface area (Å²) in [6, 6.07) is 10.1. The minimum atomic E-state index is -0.690. The fourth-order valence-electron chi connectivity index (χ4n) is 1.76. The van der Waals surface area contributed by atoms with Crippen LogP contribution in [0.4, 0.5) is 0 Å². The molecule has 1 rings (SSSR count). The van der Waals surface area contributed by atoms with Crippen molar-refractivity contribution in [2.45, 2.75) is 31.8 Å². The van der Waals surface area contributed by atoms with Gasteiger partial charge in [0.25, 0.3) is 0 Å². The van der Waals surface area contributed by atoms with E-state index in [9.17, 15) is 5.11 Å². The zero-order chi connectivity index (χ0) is 13.3. The highest BCUT2D eigenvalue weighted by Gasteiger charge is 2.18. The van der Waals surface area contributed by atoms with Crippen molar-refractivity contribution in [3.63, 3.8) is 0 Å². The van der Waals surface area contributed by atoms with Gasteiger partial charge in [0.2, 0.25) is 0 Å². The number of benzene rings is 1. The molecule has 0 aliphatic rings. The monoisotopic (exact) mass is 242 g/mol. The normalized spacial score (nSPS) is 15.0. The molecule has 0 bridgehead atoms. The molecule has 1 atom stereocenters. The summed E-state index contributed by atoms with van der Waals surface area (Å²) in [5.74, 6) is 0. The summed E-state index contributed by atoms with van der Waals surface area (Å²) in [4.78, 5) is 0. The number of rotatable bonds is 7. The highest BCUT2D eigenvalue weighted by molar-refractivity contribution is 5.17. The lowest BCUT2D eigenvalue weighted by atomic mass is 9.93. The molecule has 1 nitrogen and oxygen atoms in total. The zero-order valence-corrected chi connectivity index (χ0v) is 11.0. The van der Waals surface area contributed by atoms with Crippen LogP contribution in [0.15, 0.2) is 67.3 Å². The molecule has 0 aliphatic heterocycles. The molecule has 0 amide bonds. The van der Waals surface area contributed by atoms with E-state index in [-0.39, 0.29) is 0 Å². The topological polar surface area (TPSA) is 20.2 Å². The van der Waals surface area contributed by atoms with Crippen LogP contribution in [0, 0.1) is 0 Å². The van der Waals surface area contributed by atoms with Gasteiger partial charge in [-0.1, -0.05) is 60.7 Å². The number of allylic oxidation sites excluding steroid dienone is 4. The Morgan fingerprint density at radius 3 is 2.50 bits per heavy atom. The standard InChI is InChI=1S/C17H22O/c1-3-4-5-6-7-11-14-17(2,18)15-16-12-9-8-10-13-16/h3,5-13,18H,1,4,14-15H2,2H3/b6-5-,11-7-. The van der Waals surface area contributed by atoms with Crippen LogP contribution in [0.1, 0.15) is 25.3 Å². The number of aliphatic hydroxyl groups is 1. The molecular formula is C17H22O. The summed E-state index contributed by atoms with van der Waals surface area (Å²) >= 11 is 0. The van der Waals surface area contributed by atoms with E-state index < -0.39 is 5.60 Å². The molecule has 0 radical (unpaired) electrons. The molecule has 1 N–H and O–H groups in total. The van der Waals surface area contributed by atoms with Gasteiger partial charge in [-0.3, -0.25) is 0 Å². The van der Waals surface area contributed by atoms with Crippen LogP contribution in [-0.4, -0.2) is 10.7 Å². The van der Waals surface area contributed by atoms with Crippen LogP contribution >= 0.6 is 0 Å². The number of hydrogen-bond donors (Lipinski definition) is 1. The molecule has 0 fully saturated rings. The Morgan fingerprint density at radius 1 is 1.17 bits per heavy atom. The minimum absolute atomic E-state index is 0.653. The van der Waals surface area contributed by atoms with Crippen LogP contribution in [0.5, 0.6) is 0 Å². The van der Waals surface area contributed by atoms with Gasteiger partial charge in [0.1, 0.15) is 0 Å². The van der Waals surface area contributed by atoms with E-state index in [4.69, 9.17) is 0 Å². The lowest BCUT2D eigenvalue weighted by Crippen LogP contribution is -2.26. The smallest absolute Gasteiger partial charge is 0.0694 e. The average Bonchev–Trinajstić information content (AvgIpc) is 2.34. The van der Waals surface area contributed by atoms with Crippen molar-refractivity contribution >= 4 is 0 Å². The zero-order valence-electron chi connectivity index (χ0n) is 11.0. The first kappa shape index (κ1) is 14.5. The summed E-state index contributed by atoms with van der Waals surface area (Å²) in [5.41, 5.74) is 0.475. The van der Waals surface area contributed by atoms with E-state index in [0.29, 0.717) is 12.8 Å². The second kappa shape index (κ2) is 7.67. The lowest BCUT2D eigenvalue weighted by molar-refractivity contribution is 0.0636. The van der Waals surface area contributed by atoms with Gasteiger partial charge in [-0.25, -0.2) is 0 Å². The summed E-state index contributed by atoms with van der Waals surface area (Å²) in [7, 11) is 0. The van der Waals surface area contributed by atoms with Crippen molar-refractivity contribution in [1.29, 1.82) is 0 Å². The third kappa shape index (κ3) is 6.21. The maximum absolute atomic E-state index is 10.3. The maximum atomic E-state index is 10.3. The first-order valence-electron chi connectivity index (χ1n) is 6.33. The predicted molar refractivity (Wildman–Crippen MR) is 78.5 cm³/mol. The molecule has 0 spiro atoms. The first-order chi connectivity index (χ1) is 8.64. The summed E-state index contributed by atoms with van der Waals surface area (Å²) in [6.45, 7) is 5.52. The summed E-state index contributed by atoms with van der Waals surface area (Å²) in [5, 5.41) is 10.3. The van der Waals surface area contributed by atoms with Crippen molar-refractivity contribution in [1.82, 2.24) is 0 Å². The Morgan fingerprint density at radius 2 is 1.83 bits per heavy atom. The molecule has 0 saturated carbocycles. The molecule has 0 aliphatic carbocycles. The molecule has 0 heterocycles. The predicted octanol–water partition coefficient (Wildman–Crippen LogP) is 4.06. The molecule has 1 aromatic carbocycles. The molecule has 1 aromatic rings. The van der Waals surface area contributed by atoms with Crippen LogP contribution in [0.3, 0.4) is 0 Å². The van der Waals surface area contributed by atoms with E-state index in [1.807, 2.05) is 67.6 Å². The fourth-order valence-corrected chi connectivity index (χ4v) is 1.76. The lowest BCUT2D eigenvalue weighted by Gasteiger charge is -2.21. The second-order valence-corrected chi connectivity index (χ2v) is 4.74. The van der Waals surface area contributed by atoms with Crippen molar-refractivity contribution < 1.29 is 5.11 Å². The Hall–Kier alpha value is -1.60. The van der Waals surface area contributed by atoms with E-state index in [2.05, 4.69) is 6.58 Å². The van der Waals surface area contributed by atoms with Crippen molar-refractivity contribution in [3.05, 3.63) is 72.9 Å². The summed E-state index contributed by atoms with van der Waals surface area (Å²) in [6.07, 6.45) is 12.1. The molecule has 0 saturated heterocycles. The van der Waals surface area contributed by atoms with E-state index in [1.54, 1.807) is 0 Å². The third-order valence-electron chi connectivity index (χ3n) is 2.67. The van der Waals surface area contributed by atoms with E-state index in [0.717, 1.165) is 12.0 Å². The van der Waals surface area contributed by atoms with Crippen LogP contribution in [0.2, 0.25) is 0 Å². The molecule has 1 heteroatoms. The highest BCUT2D eigenvalue weighted by Crippen LogP contribution is 2.17. The SMILES string of the molecule is C=CC/C=C\C=C/CC(C)(O)Cc1ccccc1. The first-order valence-corrected chi connectivity index (χ1v) is 6.33. The quantitative estimate of drug-likeness (QED) is 0.564. The molecule has 1 unspecified atom stereocenters. The van der Waals surface area contributed by atoms with Crippen molar-refractivity contribution in [2.75, 3.05) is 0 Å². The minimum Gasteiger partial charge on any atom is -0.390 e. The van der Waals surface area contributed by atoms with Gasteiger partial charge in [-0.15, -0.1) is 6.58 Å². The molecule has 0 aromatic heterocycles. The van der Waals surface area contributed by atoms with Crippen LogP contribution in [-0.2, 0) is 6.42 Å². The van der Waals surface area contributed by atoms with Crippen molar-refractivity contribution in [2.24, 2.45) is 0 Å². The Balaban J connectivity index is 2.42. The van der Waals surface area contributed by atoms with Gasteiger partial charge in [-0.05, 0) is 25.3 Å². The third-order valence-corrected chi connectivity index (χ3v) is 2.67. The Labute approximate surface area is 110 Å². The average molecular weight is 242 g/mol. The maximum Gasteiger partial charge on any atom is 0.0694 e. The van der Waals surface area contributed by atoms with Crippen LogP contribution in [0.25, 0.3) is 0 Å². The molecule has 96 valence electrons. The van der Waals surface area contributed by atoms with Gasteiger partial charge < -0.3 is 5.11 Å². The second-order valence-electron chi connectivity index (χ2n) is 4.74. The van der Waals surface area contributed by atoms with Gasteiger partial charge in [-0.2, -0.15) is 0 Å². The highest BCUT2D eigenvalue weighted by atomic mass is 16.3. The van der Waals surface area contributed by atoms with Gasteiger partial charge in [0.15, 0.2) is 0 Å². The van der Waals surface area contributed by atoms with Gasteiger partial charge in [0, 0.05) is 6.42 Å². The summed E-state index contributed by atoms with van der Waals surface area (Å²) < 4.78 is 0. The molecule has 18 heavy (non-hydrogen) atoms. The molecular weight excluding hydrogens is 220 g/mol. The Bertz CT molecular complexity index is 399. The largest absolute Gasteiger partial charge is 0.390 e. The van der Waals surface area contributed by atoms with E-state index in [1.165, 1.54) is 0 Å². The van der Waals surface area contributed by atoms with E-state index >= 15 is 0 Å². The number of hydrogen-bond acceptors (Lipinski definition) is 1.